The van der Waals surface area contributed by atoms with Crippen LogP contribution >= 0.6 is 0 Å². The Balaban J connectivity index is 1.70. The van der Waals surface area contributed by atoms with E-state index in [4.69, 9.17) is 4.74 Å². The molecular weight excluding hydrogens is 310 g/mol. The van der Waals surface area contributed by atoms with Crippen molar-refractivity contribution in [1.82, 2.24) is 10.3 Å². The number of non-ortho nitro benzene ring substituents is 1. The zero-order valence-corrected chi connectivity index (χ0v) is 13.2. The minimum absolute atomic E-state index is 0.0305. The molecule has 1 saturated carbocycles. The average Bonchev–Trinajstić information content (AvgIpc) is 2.60. The third kappa shape index (κ3) is 3.61. The van der Waals surface area contributed by atoms with Crippen LogP contribution in [0.25, 0.3) is 10.9 Å². The number of ether oxygens (including phenoxy) is 1. The second kappa shape index (κ2) is 7.25. The van der Waals surface area contributed by atoms with Crippen LogP contribution < -0.4 is 10.1 Å². The number of amides is 1. The van der Waals surface area contributed by atoms with Gasteiger partial charge in [0.25, 0.3) is 11.6 Å². The number of hydrogen-bond donors (Lipinski definition) is 1. The van der Waals surface area contributed by atoms with Gasteiger partial charge in [0.05, 0.1) is 10.3 Å². The van der Waals surface area contributed by atoms with Crippen molar-refractivity contribution < 1.29 is 14.5 Å². The standard InChI is InChI=1S/C17H19N3O4/c21-16(19-12-5-2-1-3-6-12)11-24-15-9-8-14(20(22)23)13-7-4-10-18-17(13)15/h4,7-10,12H,1-3,5-6,11H2,(H,19,21). The molecule has 1 fully saturated rings. The first-order chi connectivity index (χ1) is 11.6. The van der Waals surface area contributed by atoms with Crippen LogP contribution in [0.1, 0.15) is 32.1 Å². The highest BCUT2D eigenvalue weighted by molar-refractivity contribution is 5.92. The van der Waals surface area contributed by atoms with Gasteiger partial charge >= 0.3 is 0 Å². The number of carbonyl (C=O) groups is 1. The van der Waals surface area contributed by atoms with Gasteiger partial charge in [0.1, 0.15) is 11.3 Å². The molecule has 0 atom stereocenters. The van der Waals surface area contributed by atoms with Gasteiger partial charge < -0.3 is 10.1 Å². The SMILES string of the molecule is O=C(COc1ccc([N+](=O)[O-])c2cccnc12)NC1CCCCC1. The van der Waals surface area contributed by atoms with Crippen molar-refractivity contribution in [1.29, 1.82) is 0 Å². The summed E-state index contributed by atoms with van der Waals surface area (Å²) in [6.45, 7) is -0.125. The Bertz CT molecular complexity index is 757. The van der Waals surface area contributed by atoms with E-state index in [1.807, 2.05) is 0 Å². The predicted octanol–water partition coefficient (Wildman–Crippen LogP) is 2.97. The normalized spacial score (nSPS) is 15.2. The fourth-order valence-electron chi connectivity index (χ4n) is 3.07. The number of benzene rings is 1. The van der Waals surface area contributed by atoms with Gasteiger partial charge in [0.15, 0.2) is 6.61 Å². The summed E-state index contributed by atoms with van der Waals surface area (Å²) in [5.41, 5.74) is 0.356. The third-order valence-electron chi connectivity index (χ3n) is 4.24. The molecule has 7 heteroatoms. The van der Waals surface area contributed by atoms with Gasteiger partial charge in [-0.05, 0) is 31.0 Å². The molecule has 0 radical (unpaired) electrons. The van der Waals surface area contributed by atoms with Crippen LogP contribution in [0, 0.1) is 10.1 Å². The fourth-order valence-corrected chi connectivity index (χ4v) is 3.07. The molecule has 24 heavy (non-hydrogen) atoms. The van der Waals surface area contributed by atoms with E-state index >= 15 is 0 Å². The second-order valence-electron chi connectivity index (χ2n) is 5.93. The molecule has 1 heterocycles. The zero-order chi connectivity index (χ0) is 16.9. The Morgan fingerprint density at radius 2 is 2.08 bits per heavy atom. The molecule has 0 spiro atoms. The molecule has 1 aromatic carbocycles. The Morgan fingerprint density at radius 3 is 2.83 bits per heavy atom. The molecule has 0 aliphatic heterocycles. The maximum atomic E-state index is 12.0. The molecule has 0 bridgehead atoms. The van der Waals surface area contributed by atoms with E-state index in [1.165, 1.54) is 18.6 Å². The molecule has 1 N–H and O–H groups in total. The highest BCUT2D eigenvalue weighted by atomic mass is 16.6. The topological polar surface area (TPSA) is 94.4 Å². The molecule has 7 nitrogen and oxygen atoms in total. The first-order valence-electron chi connectivity index (χ1n) is 8.09. The van der Waals surface area contributed by atoms with Crippen LogP contribution in [0.15, 0.2) is 30.5 Å². The van der Waals surface area contributed by atoms with Gasteiger partial charge in [-0.15, -0.1) is 0 Å². The Hall–Kier alpha value is -2.70. The average molecular weight is 329 g/mol. The minimum Gasteiger partial charge on any atom is -0.481 e. The van der Waals surface area contributed by atoms with Crippen molar-refractivity contribution in [3.8, 4) is 5.75 Å². The number of aromatic nitrogens is 1. The maximum Gasteiger partial charge on any atom is 0.279 e. The Labute approximate surface area is 139 Å². The molecule has 1 amide bonds. The lowest BCUT2D eigenvalue weighted by Crippen LogP contribution is -2.39. The van der Waals surface area contributed by atoms with Crippen molar-refractivity contribution in [3.05, 3.63) is 40.6 Å². The number of nitro groups is 1. The molecule has 0 saturated heterocycles. The lowest BCUT2D eigenvalue weighted by molar-refractivity contribution is -0.383. The lowest BCUT2D eigenvalue weighted by Gasteiger charge is -2.22. The number of pyridine rings is 1. The number of hydrogen-bond acceptors (Lipinski definition) is 5. The van der Waals surface area contributed by atoms with Gasteiger partial charge in [-0.25, -0.2) is 0 Å². The van der Waals surface area contributed by atoms with Crippen molar-refractivity contribution in [3.63, 3.8) is 0 Å². The third-order valence-corrected chi connectivity index (χ3v) is 4.24. The van der Waals surface area contributed by atoms with Gasteiger partial charge in [-0.3, -0.25) is 19.9 Å². The molecule has 2 aromatic rings. The molecule has 1 aliphatic carbocycles. The van der Waals surface area contributed by atoms with E-state index in [1.54, 1.807) is 18.3 Å². The van der Waals surface area contributed by atoms with E-state index in [9.17, 15) is 14.9 Å². The number of carbonyl (C=O) groups excluding carboxylic acids is 1. The highest BCUT2D eigenvalue weighted by Crippen LogP contribution is 2.31. The summed E-state index contributed by atoms with van der Waals surface area (Å²) in [6.07, 6.45) is 7.07. The Kier molecular flexibility index (Phi) is 4.88. The monoisotopic (exact) mass is 329 g/mol. The van der Waals surface area contributed by atoms with Gasteiger partial charge in [-0.2, -0.15) is 0 Å². The summed E-state index contributed by atoms with van der Waals surface area (Å²) >= 11 is 0. The zero-order valence-electron chi connectivity index (χ0n) is 13.2. The van der Waals surface area contributed by atoms with Crippen LogP contribution in [-0.4, -0.2) is 28.5 Å². The molecular formula is C17H19N3O4. The molecule has 1 aromatic heterocycles. The number of nitrogens with one attached hydrogen (secondary N) is 1. The van der Waals surface area contributed by atoms with Crippen LogP contribution in [0.2, 0.25) is 0 Å². The van der Waals surface area contributed by atoms with Crippen LogP contribution in [0.3, 0.4) is 0 Å². The maximum absolute atomic E-state index is 12.0. The summed E-state index contributed by atoms with van der Waals surface area (Å²) in [5.74, 6) is 0.194. The van der Waals surface area contributed by atoms with E-state index in [0.717, 1.165) is 25.7 Å². The molecule has 1 aliphatic rings. The minimum atomic E-state index is -0.455. The summed E-state index contributed by atoms with van der Waals surface area (Å²) in [7, 11) is 0. The molecule has 0 unspecified atom stereocenters. The van der Waals surface area contributed by atoms with E-state index in [2.05, 4.69) is 10.3 Å². The quantitative estimate of drug-likeness (QED) is 0.672. The molecule has 126 valence electrons. The number of fused-ring (bicyclic) bond motifs is 1. The summed E-state index contributed by atoms with van der Waals surface area (Å²) in [6, 6.07) is 6.34. The largest absolute Gasteiger partial charge is 0.481 e. The predicted molar refractivity (Wildman–Crippen MR) is 88.9 cm³/mol. The second-order valence-corrected chi connectivity index (χ2v) is 5.93. The lowest BCUT2D eigenvalue weighted by atomic mass is 9.95. The van der Waals surface area contributed by atoms with Crippen molar-refractivity contribution in [2.75, 3.05) is 6.61 Å². The van der Waals surface area contributed by atoms with Crippen molar-refractivity contribution in [2.45, 2.75) is 38.1 Å². The van der Waals surface area contributed by atoms with E-state index in [0.29, 0.717) is 16.7 Å². The summed E-state index contributed by atoms with van der Waals surface area (Å²) in [4.78, 5) is 26.8. The highest BCUT2D eigenvalue weighted by Gasteiger charge is 2.18. The number of rotatable bonds is 5. The first-order valence-corrected chi connectivity index (χ1v) is 8.09. The van der Waals surface area contributed by atoms with Crippen molar-refractivity contribution >= 4 is 22.5 Å². The molecule has 3 rings (SSSR count). The van der Waals surface area contributed by atoms with Gasteiger partial charge in [0, 0.05) is 18.3 Å². The van der Waals surface area contributed by atoms with Gasteiger partial charge in [0.2, 0.25) is 0 Å². The van der Waals surface area contributed by atoms with Crippen LogP contribution in [0.4, 0.5) is 5.69 Å². The smallest absolute Gasteiger partial charge is 0.279 e. The number of nitro benzene ring substituents is 1. The van der Waals surface area contributed by atoms with Crippen LogP contribution in [-0.2, 0) is 4.79 Å². The van der Waals surface area contributed by atoms with E-state index in [-0.39, 0.29) is 24.2 Å². The summed E-state index contributed by atoms with van der Waals surface area (Å²) in [5, 5.41) is 14.5. The number of nitrogens with zero attached hydrogens (tertiary/aromatic N) is 2. The van der Waals surface area contributed by atoms with E-state index < -0.39 is 4.92 Å². The Morgan fingerprint density at radius 1 is 1.29 bits per heavy atom. The first kappa shape index (κ1) is 16.2. The van der Waals surface area contributed by atoms with Crippen molar-refractivity contribution in [2.24, 2.45) is 0 Å². The van der Waals surface area contributed by atoms with Gasteiger partial charge in [-0.1, -0.05) is 19.3 Å². The summed E-state index contributed by atoms with van der Waals surface area (Å²) < 4.78 is 5.56. The fraction of sp³-hybridized carbons (Fsp3) is 0.412. The van der Waals surface area contributed by atoms with Crippen LogP contribution in [0.5, 0.6) is 5.75 Å².